The van der Waals surface area contributed by atoms with E-state index in [1.54, 1.807) is 24.3 Å². The molecule has 1 aromatic carbocycles. The Morgan fingerprint density at radius 1 is 1.20 bits per heavy atom. The van der Waals surface area contributed by atoms with Crippen LogP contribution in [0.25, 0.3) is 0 Å². The quantitative estimate of drug-likeness (QED) is 0.742. The Bertz CT molecular complexity index is 711. The third-order valence-electron chi connectivity index (χ3n) is 2.64. The number of benzene rings is 1. The lowest BCUT2D eigenvalue weighted by Crippen LogP contribution is -2.33. The molecule has 1 rings (SSSR count). The van der Waals surface area contributed by atoms with Gasteiger partial charge in [-0.2, -0.15) is 0 Å². The molecule has 0 fully saturated rings. The van der Waals surface area contributed by atoms with E-state index in [9.17, 15) is 16.8 Å². The van der Waals surface area contributed by atoms with Crippen molar-refractivity contribution in [3.05, 3.63) is 29.8 Å². The van der Waals surface area contributed by atoms with Gasteiger partial charge >= 0.3 is 0 Å². The molecule has 2 N–H and O–H groups in total. The number of nitrogens with zero attached hydrogens (tertiary/aromatic N) is 1. The fourth-order valence-electron chi connectivity index (χ4n) is 1.50. The summed E-state index contributed by atoms with van der Waals surface area (Å²) >= 11 is 4.88. The van der Waals surface area contributed by atoms with E-state index < -0.39 is 31.4 Å². The number of nitrogens with two attached hydrogens (primary N) is 1. The van der Waals surface area contributed by atoms with Crippen LogP contribution < -0.4 is 10.0 Å². The van der Waals surface area contributed by atoms with Gasteiger partial charge in [0.05, 0.1) is 17.2 Å². The highest BCUT2D eigenvalue weighted by Gasteiger charge is 2.22. The molecule has 1 aromatic rings. The summed E-state index contributed by atoms with van der Waals surface area (Å²) in [5, 5.41) is 0. The minimum atomic E-state index is -3.76. The summed E-state index contributed by atoms with van der Waals surface area (Å²) in [7, 11) is -5.78. The molecule has 0 amide bonds. The molecule has 112 valence electrons. The highest BCUT2D eigenvalue weighted by molar-refractivity contribution is 7.95. The van der Waals surface area contributed by atoms with Crippen molar-refractivity contribution < 1.29 is 16.8 Å². The van der Waals surface area contributed by atoms with Crippen LogP contribution in [0.15, 0.2) is 24.3 Å². The first-order chi connectivity index (χ1) is 9.04. The molecule has 0 radical (unpaired) electrons. The largest absolute Gasteiger partial charge is 0.389 e. The Morgan fingerprint density at radius 3 is 2.25 bits per heavy atom. The molecule has 0 bridgehead atoms. The van der Waals surface area contributed by atoms with Crippen LogP contribution in [0.3, 0.4) is 0 Å². The number of para-hydroxylation sites is 1. The first kappa shape index (κ1) is 16.9. The standard InChI is InChI=1S/C11H16N2O4S3/c1-13(20(16,17)8-7-19(2,14)15)10-6-4-3-5-9(10)11(12)18/h3-6H,7-8H2,1-2H3,(H2,12,18). The van der Waals surface area contributed by atoms with Crippen LogP contribution in [0.2, 0.25) is 0 Å². The van der Waals surface area contributed by atoms with E-state index in [1.165, 1.54) is 7.05 Å². The Balaban J connectivity index is 3.12. The SMILES string of the molecule is CN(c1ccccc1C(N)=S)S(=O)(=O)CCS(C)(=O)=O. The van der Waals surface area contributed by atoms with Gasteiger partial charge in [0.1, 0.15) is 14.8 Å². The van der Waals surface area contributed by atoms with Crippen molar-refractivity contribution in [1.29, 1.82) is 0 Å². The number of hydrogen-bond acceptors (Lipinski definition) is 5. The predicted octanol–water partition coefficient (Wildman–Crippen LogP) is 0.131. The summed E-state index contributed by atoms with van der Waals surface area (Å²) in [6, 6.07) is 6.52. The van der Waals surface area contributed by atoms with Crippen molar-refractivity contribution in [3.63, 3.8) is 0 Å². The lowest BCUT2D eigenvalue weighted by Gasteiger charge is -2.21. The molecule has 0 atom stereocenters. The fraction of sp³-hybridized carbons (Fsp3) is 0.364. The van der Waals surface area contributed by atoms with Crippen LogP contribution in [0.4, 0.5) is 5.69 Å². The minimum absolute atomic E-state index is 0.0748. The zero-order valence-corrected chi connectivity index (χ0v) is 13.6. The van der Waals surface area contributed by atoms with E-state index in [2.05, 4.69) is 0 Å². The van der Waals surface area contributed by atoms with Gasteiger partial charge in [-0.1, -0.05) is 24.4 Å². The van der Waals surface area contributed by atoms with Gasteiger partial charge < -0.3 is 5.73 Å². The zero-order valence-electron chi connectivity index (χ0n) is 11.1. The third kappa shape index (κ3) is 4.43. The summed E-state index contributed by atoms with van der Waals surface area (Å²) in [4.78, 5) is 0.0748. The van der Waals surface area contributed by atoms with Gasteiger partial charge in [-0.3, -0.25) is 4.31 Å². The van der Waals surface area contributed by atoms with Gasteiger partial charge in [0.2, 0.25) is 10.0 Å². The van der Waals surface area contributed by atoms with Crippen LogP contribution in [-0.4, -0.2) is 46.6 Å². The number of sulfone groups is 1. The molecule has 9 heteroatoms. The molecular weight excluding hydrogens is 320 g/mol. The van der Waals surface area contributed by atoms with Gasteiger partial charge in [0, 0.05) is 18.9 Å². The van der Waals surface area contributed by atoms with E-state index in [-0.39, 0.29) is 4.99 Å². The molecule has 20 heavy (non-hydrogen) atoms. The number of hydrogen-bond donors (Lipinski definition) is 1. The van der Waals surface area contributed by atoms with Crippen molar-refractivity contribution in [2.75, 3.05) is 29.1 Å². The molecule has 0 saturated heterocycles. The van der Waals surface area contributed by atoms with E-state index in [0.29, 0.717) is 11.3 Å². The Labute approximate surface area is 124 Å². The molecule has 0 aliphatic heterocycles. The Morgan fingerprint density at radius 2 is 1.75 bits per heavy atom. The highest BCUT2D eigenvalue weighted by atomic mass is 32.2. The maximum atomic E-state index is 12.1. The second kappa shape index (κ2) is 6.06. The molecular formula is C11H16N2O4S3. The van der Waals surface area contributed by atoms with Gasteiger partial charge in [-0.05, 0) is 12.1 Å². The van der Waals surface area contributed by atoms with E-state index in [4.69, 9.17) is 18.0 Å². The summed E-state index contributed by atoms with van der Waals surface area (Å²) in [6.07, 6.45) is 0.992. The van der Waals surface area contributed by atoms with Crippen molar-refractivity contribution >= 4 is 42.8 Å². The normalized spacial score (nSPS) is 12.1. The van der Waals surface area contributed by atoms with Crippen molar-refractivity contribution in [3.8, 4) is 0 Å². The lowest BCUT2D eigenvalue weighted by atomic mass is 10.2. The number of rotatable bonds is 6. The minimum Gasteiger partial charge on any atom is -0.389 e. The van der Waals surface area contributed by atoms with E-state index >= 15 is 0 Å². The zero-order chi connectivity index (χ0) is 15.6. The molecule has 0 aliphatic carbocycles. The predicted molar refractivity (Wildman–Crippen MR) is 84.2 cm³/mol. The second-order valence-corrected chi connectivity index (χ2v) is 9.11. The molecule has 0 spiro atoms. The van der Waals surface area contributed by atoms with Crippen molar-refractivity contribution in [1.82, 2.24) is 0 Å². The fourth-order valence-corrected chi connectivity index (χ4v) is 4.46. The van der Waals surface area contributed by atoms with Gasteiger partial charge in [-0.15, -0.1) is 0 Å². The second-order valence-electron chi connectivity index (χ2n) is 4.29. The average molecular weight is 336 g/mol. The van der Waals surface area contributed by atoms with Crippen molar-refractivity contribution in [2.45, 2.75) is 0 Å². The topological polar surface area (TPSA) is 97.5 Å². The number of thiocarbonyl (C=S) groups is 1. The lowest BCUT2D eigenvalue weighted by molar-refractivity contribution is 0.589. The van der Waals surface area contributed by atoms with Gasteiger partial charge in [0.15, 0.2) is 0 Å². The van der Waals surface area contributed by atoms with Crippen LogP contribution in [0.5, 0.6) is 0 Å². The first-order valence-corrected chi connectivity index (χ1v) is 9.65. The van der Waals surface area contributed by atoms with Crippen LogP contribution >= 0.6 is 12.2 Å². The van der Waals surface area contributed by atoms with Crippen molar-refractivity contribution in [2.24, 2.45) is 5.73 Å². The first-order valence-electron chi connectivity index (χ1n) is 5.58. The maximum Gasteiger partial charge on any atom is 0.235 e. The Hall–Kier alpha value is -1.19. The summed E-state index contributed by atoms with van der Waals surface area (Å²) in [5.74, 6) is -0.928. The average Bonchev–Trinajstić information content (AvgIpc) is 2.35. The molecule has 6 nitrogen and oxygen atoms in total. The van der Waals surface area contributed by atoms with E-state index in [0.717, 1.165) is 10.6 Å². The molecule has 0 aromatic heterocycles. The molecule has 0 unspecified atom stereocenters. The summed E-state index contributed by atoms with van der Waals surface area (Å²) < 4.78 is 47.4. The molecule has 0 heterocycles. The molecule has 0 aliphatic rings. The maximum absolute atomic E-state index is 12.1. The van der Waals surface area contributed by atoms with Crippen LogP contribution in [0.1, 0.15) is 5.56 Å². The monoisotopic (exact) mass is 336 g/mol. The smallest absolute Gasteiger partial charge is 0.235 e. The Kier molecular flexibility index (Phi) is 5.11. The van der Waals surface area contributed by atoms with Crippen LogP contribution in [-0.2, 0) is 19.9 Å². The highest BCUT2D eigenvalue weighted by Crippen LogP contribution is 2.22. The van der Waals surface area contributed by atoms with E-state index in [1.807, 2.05) is 0 Å². The molecule has 0 saturated carbocycles. The summed E-state index contributed by atoms with van der Waals surface area (Å²) in [6.45, 7) is 0. The van der Waals surface area contributed by atoms with Crippen LogP contribution in [0, 0.1) is 0 Å². The van der Waals surface area contributed by atoms with Gasteiger partial charge in [0.25, 0.3) is 0 Å². The number of sulfonamides is 1. The third-order valence-corrected chi connectivity index (χ3v) is 5.81. The van der Waals surface area contributed by atoms with Gasteiger partial charge in [-0.25, -0.2) is 16.8 Å². The summed E-state index contributed by atoms with van der Waals surface area (Å²) in [5.41, 5.74) is 6.30. The number of anilines is 1.